The highest BCUT2D eigenvalue weighted by atomic mass is 32.1. The fourth-order valence-electron chi connectivity index (χ4n) is 3.22. The largest absolute Gasteiger partial charge is 0.393 e. The number of thiazole rings is 1. The van der Waals surface area contributed by atoms with Crippen molar-refractivity contribution in [3.8, 4) is 0 Å². The Hall–Kier alpha value is -2.52. The van der Waals surface area contributed by atoms with Crippen LogP contribution in [0.4, 0.5) is 0 Å². The van der Waals surface area contributed by atoms with Crippen molar-refractivity contribution in [3.05, 3.63) is 51.6 Å². The molecule has 4 rings (SSSR count). The minimum atomic E-state index is -0.440. The maximum atomic E-state index is 12.8. The van der Waals surface area contributed by atoms with Gasteiger partial charge < -0.3 is 10.4 Å². The number of amides is 1. The normalized spacial score (nSPS) is 21.0. The van der Waals surface area contributed by atoms with Gasteiger partial charge in [0, 0.05) is 36.5 Å². The van der Waals surface area contributed by atoms with E-state index >= 15 is 0 Å². The lowest BCUT2D eigenvalue weighted by molar-refractivity contribution is 0.0234. The first-order valence-electron chi connectivity index (χ1n) is 7.95. The molecule has 1 saturated carbocycles. The van der Waals surface area contributed by atoms with Crippen molar-refractivity contribution in [1.29, 1.82) is 0 Å². The number of hydrogen-bond acceptors (Lipinski definition) is 6. The maximum Gasteiger partial charge on any atom is 0.274 e. The van der Waals surface area contributed by atoms with E-state index in [1.165, 1.54) is 17.4 Å². The zero-order valence-corrected chi connectivity index (χ0v) is 14.3. The Morgan fingerprint density at radius 1 is 1.48 bits per heavy atom. The molecule has 3 aromatic rings. The quantitative estimate of drug-likeness (QED) is 0.715. The highest BCUT2D eigenvalue weighted by Gasteiger charge is 2.36. The summed E-state index contributed by atoms with van der Waals surface area (Å²) in [6, 6.07) is 0.979. The van der Waals surface area contributed by atoms with Crippen LogP contribution in [0, 0.1) is 5.92 Å². The van der Waals surface area contributed by atoms with Crippen LogP contribution >= 0.6 is 11.3 Å². The number of carbonyl (C=O) groups excluding carboxylic acids is 1. The fraction of sp³-hybridized carbons (Fsp3) is 0.375. The summed E-state index contributed by atoms with van der Waals surface area (Å²) >= 11 is 1.30. The van der Waals surface area contributed by atoms with Gasteiger partial charge in [-0.1, -0.05) is 0 Å². The molecular weight excluding hydrogens is 342 g/mol. The van der Waals surface area contributed by atoms with Gasteiger partial charge in [0.05, 0.1) is 18.3 Å². The molecule has 3 heterocycles. The summed E-state index contributed by atoms with van der Waals surface area (Å²) in [6.07, 6.45) is 6.22. The van der Waals surface area contributed by atoms with Gasteiger partial charge in [-0.15, -0.1) is 11.3 Å². The van der Waals surface area contributed by atoms with Crippen molar-refractivity contribution >= 4 is 22.2 Å². The van der Waals surface area contributed by atoms with Gasteiger partial charge in [0.2, 0.25) is 0 Å². The lowest BCUT2D eigenvalue weighted by atomic mass is 9.75. The van der Waals surface area contributed by atoms with E-state index < -0.39 is 5.56 Å². The van der Waals surface area contributed by atoms with Crippen molar-refractivity contribution in [2.45, 2.75) is 25.0 Å². The van der Waals surface area contributed by atoms with Gasteiger partial charge in [-0.25, -0.2) is 0 Å². The molecule has 0 radical (unpaired) electrons. The minimum absolute atomic E-state index is 0.139. The fourth-order valence-corrected chi connectivity index (χ4v) is 3.94. The Balaban J connectivity index is 1.66. The molecule has 0 bridgehead atoms. The van der Waals surface area contributed by atoms with E-state index in [2.05, 4.69) is 15.4 Å². The molecule has 1 fully saturated rings. The molecule has 1 amide bonds. The summed E-state index contributed by atoms with van der Waals surface area (Å²) in [5.41, 5.74) is 0.699. The second kappa shape index (κ2) is 6.08. The van der Waals surface area contributed by atoms with Crippen LogP contribution in [0.25, 0.3) is 4.96 Å². The molecule has 1 aliphatic carbocycles. The Labute approximate surface area is 146 Å². The van der Waals surface area contributed by atoms with Crippen LogP contribution < -0.4 is 10.9 Å². The number of aliphatic hydroxyl groups excluding tert-OH is 1. The number of nitrogens with zero attached hydrogens (tertiary/aromatic N) is 4. The topological polar surface area (TPSA) is 102 Å². The lowest BCUT2D eigenvalue weighted by Gasteiger charge is -2.37. The monoisotopic (exact) mass is 359 g/mol. The summed E-state index contributed by atoms with van der Waals surface area (Å²) in [7, 11) is 1.81. The molecule has 0 saturated heterocycles. The van der Waals surface area contributed by atoms with Gasteiger partial charge in [-0.05, 0) is 18.8 Å². The summed E-state index contributed by atoms with van der Waals surface area (Å²) in [5.74, 6) is -0.206. The van der Waals surface area contributed by atoms with Crippen LogP contribution in [0.3, 0.4) is 0 Å². The molecule has 1 aliphatic rings. The van der Waals surface area contributed by atoms with E-state index in [-0.39, 0.29) is 29.7 Å². The summed E-state index contributed by atoms with van der Waals surface area (Å²) in [6.45, 7) is 0. The number of nitrogens with one attached hydrogen (secondary N) is 1. The molecule has 0 unspecified atom stereocenters. The van der Waals surface area contributed by atoms with Gasteiger partial charge in [0.25, 0.3) is 11.5 Å². The number of hydrogen-bond donors (Lipinski definition) is 2. The van der Waals surface area contributed by atoms with Crippen molar-refractivity contribution in [1.82, 2.24) is 24.5 Å². The number of aryl methyl sites for hydroxylation is 1. The predicted octanol–water partition coefficient (Wildman–Crippen LogP) is 0.731. The number of carbonyl (C=O) groups is 1. The first-order chi connectivity index (χ1) is 12.0. The van der Waals surface area contributed by atoms with E-state index in [0.29, 0.717) is 17.8 Å². The van der Waals surface area contributed by atoms with Crippen LogP contribution in [-0.2, 0) is 7.05 Å². The van der Waals surface area contributed by atoms with Crippen LogP contribution in [0.2, 0.25) is 0 Å². The van der Waals surface area contributed by atoms with E-state index in [9.17, 15) is 14.7 Å². The van der Waals surface area contributed by atoms with Crippen LogP contribution in [0.5, 0.6) is 0 Å². The molecule has 3 aromatic heterocycles. The van der Waals surface area contributed by atoms with Gasteiger partial charge in [0.15, 0.2) is 4.96 Å². The molecule has 0 aliphatic heterocycles. The first-order valence-corrected chi connectivity index (χ1v) is 8.83. The van der Waals surface area contributed by atoms with Crippen LogP contribution in [0.1, 0.15) is 34.9 Å². The number of fused-ring (bicyclic) bond motifs is 1. The third-order valence-electron chi connectivity index (χ3n) is 4.54. The average Bonchev–Trinajstić information content (AvgIpc) is 3.17. The van der Waals surface area contributed by atoms with Gasteiger partial charge in [-0.3, -0.25) is 18.7 Å². The number of aliphatic hydroxyl groups is 1. The van der Waals surface area contributed by atoms with E-state index in [1.54, 1.807) is 26.9 Å². The van der Waals surface area contributed by atoms with Crippen molar-refractivity contribution in [3.63, 3.8) is 0 Å². The van der Waals surface area contributed by atoms with Crippen molar-refractivity contribution in [2.24, 2.45) is 13.0 Å². The van der Waals surface area contributed by atoms with E-state index in [0.717, 1.165) is 5.56 Å². The Morgan fingerprint density at radius 3 is 2.96 bits per heavy atom. The molecule has 25 heavy (non-hydrogen) atoms. The van der Waals surface area contributed by atoms with Crippen LogP contribution in [0.15, 0.2) is 34.8 Å². The zero-order valence-electron chi connectivity index (χ0n) is 13.5. The molecule has 8 nitrogen and oxygen atoms in total. The Morgan fingerprint density at radius 2 is 2.28 bits per heavy atom. The van der Waals surface area contributed by atoms with E-state index in [1.807, 2.05) is 13.2 Å². The molecular formula is C16H17N5O3S. The van der Waals surface area contributed by atoms with Gasteiger partial charge >= 0.3 is 0 Å². The molecule has 130 valence electrons. The second-order valence-corrected chi connectivity index (χ2v) is 7.19. The van der Waals surface area contributed by atoms with Crippen LogP contribution in [-0.4, -0.2) is 36.3 Å². The summed E-state index contributed by atoms with van der Waals surface area (Å²) < 4.78 is 3.29. The standard InChI is InChI=1S/C16H17N5O3S/c1-20-8-10(7-17-20)14(9-4-11(22)5-9)19-15(24)12-6-13(23)18-16-21(12)2-3-25-16/h2-3,6-9,11,14,22H,4-5H2,1H3,(H,19,24)/t9?,11?,14-/m0/s1. The van der Waals surface area contributed by atoms with Gasteiger partial charge in [-0.2, -0.15) is 10.1 Å². The molecule has 9 heteroatoms. The maximum absolute atomic E-state index is 12.8. The van der Waals surface area contributed by atoms with E-state index in [4.69, 9.17) is 0 Å². The van der Waals surface area contributed by atoms with Crippen molar-refractivity contribution < 1.29 is 9.90 Å². The average molecular weight is 359 g/mol. The molecule has 2 N–H and O–H groups in total. The highest BCUT2D eigenvalue weighted by Crippen LogP contribution is 2.38. The summed E-state index contributed by atoms with van der Waals surface area (Å²) in [5, 5.41) is 18.6. The van der Waals surface area contributed by atoms with Gasteiger partial charge in [0.1, 0.15) is 5.69 Å². The third-order valence-corrected chi connectivity index (χ3v) is 5.30. The summed E-state index contributed by atoms with van der Waals surface area (Å²) in [4.78, 5) is 29.0. The Bertz CT molecular complexity index is 985. The van der Waals surface area contributed by atoms with Crippen molar-refractivity contribution in [2.75, 3.05) is 0 Å². The SMILES string of the molecule is Cn1cc([C@@H](NC(=O)c2cc(=O)nc3sccn23)C2CC(O)C2)cn1. The number of rotatable bonds is 4. The second-order valence-electron chi connectivity index (χ2n) is 6.32. The highest BCUT2D eigenvalue weighted by molar-refractivity contribution is 7.15. The minimum Gasteiger partial charge on any atom is -0.393 e. The molecule has 0 spiro atoms. The molecule has 1 atom stereocenters. The predicted molar refractivity (Wildman–Crippen MR) is 91.5 cm³/mol. The smallest absolute Gasteiger partial charge is 0.274 e. The Kier molecular flexibility index (Phi) is 3.89. The third kappa shape index (κ3) is 2.96. The molecule has 0 aromatic carbocycles. The number of aromatic nitrogens is 4. The zero-order chi connectivity index (χ0) is 17.6. The first kappa shape index (κ1) is 16.0. The lowest BCUT2D eigenvalue weighted by Crippen LogP contribution is -2.42.